The molecule has 1 aliphatic heterocycles. The fraction of sp³-hybridized carbons (Fsp3) is 0.368. The predicted octanol–water partition coefficient (Wildman–Crippen LogP) is 1.14. The zero-order chi connectivity index (χ0) is 19.6. The van der Waals surface area contributed by atoms with Crippen molar-refractivity contribution in [3.05, 3.63) is 35.9 Å². The van der Waals surface area contributed by atoms with Gasteiger partial charge in [-0.3, -0.25) is 9.59 Å². The second kappa shape index (κ2) is 7.61. The van der Waals surface area contributed by atoms with Crippen molar-refractivity contribution in [3.63, 3.8) is 0 Å². The number of amides is 2. The van der Waals surface area contributed by atoms with Gasteiger partial charge in [-0.15, -0.1) is 0 Å². The maximum atomic E-state index is 12.7. The molecule has 0 spiro atoms. The molecule has 1 fully saturated rings. The van der Waals surface area contributed by atoms with E-state index in [-0.39, 0.29) is 17.9 Å². The molecule has 0 bridgehead atoms. The molecule has 27 heavy (non-hydrogen) atoms. The maximum Gasteiger partial charge on any atom is 0.253 e. The van der Waals surface area contributed by atoms with E-state index in [1.807, 2.05) is 26.2 Å². The SMILES string of the molecule is CC(=O)N[C@H]1CCN(C(=O)c2ccc(-c3cc(N)nc(N(C)C)n3)cc2)C1. The Balaban J connectivity index is 1.74. The van der Waals surface area contributed by atoms with Gasteiger partial charge in [0.15, 0.2) is 0 Å². The molecule has 8 heteroatoms. The number of nitrogens with zero attached hydrogens (tertiary/aromatic N) is 4. The van der Waals surface area contributed by atoms with Crippen LogP contribution < -0.4 is 16.0 Å². The molecule has 1 aliphatic rings. The van der Waals surface area contributed by atoms with Gasteiger partial charge in [-0.25, -0.2) is 4.98 Å². The molecule has 1 aromatic heterocycles. The number of nitrogens with one attached hydrogen (secondary N) is 1. The fourth-order valence-electron chi connectivity index (χ4n) is 3.12. The van der Waals surface area contributed by atoms with Gasteiger partial charge in [0.05, 0.1) is 5.69 Å². The number of benzene rings is 1. The highest BCUT2D eigenvalue weighted by Crippen LogP contribution is 2.22. The van der Waals surface area contributed by atoms with E-state index in [0.717, 1.165) is 12.0 Å². The monoisotopic (exact) mass is 368 g/mol. The van der Waals surface area contributed by atoms with E-state index in [2.05, 4.69) is 15.3 Å². The number of nitrogens with two attached hydrogens (primary N) is 1. The Morgan fingerprint density at radius 1 is 1.22 bits per heavy atom. The molecule has 8 nitrogen and oxygen atoms in total. The molecular weight excluding hydrogens is 344 g/mol. The van der Waals surface area contributed by atoms with Gasteiger partial charge in [-0.2, -0.15) is 4.98 Å². The van der Waals surface area contributed by atoms with Crippen molar-refractivity contribution in [3.8, 4) is 11.3 Å². The Bertz CT molecular complexity index is 850. The minimum Gasteiger partial charge on any atom is -0.384 e. The molecule has 1 aromatic carbocycles. The number of aromatic nitrogens is 2. The van der Waals surface area contributed by atoms with Crippen molar-refractivity contribution in [2.45, 2.75) is 19.4 Å². The van der Waals surface area contributed by atoms with Crippen LogP contribution in [0.25, 0.3) is 11.3 Å². The first-order valence-electron chi connectivity index (χ1n) is 8.82. The van der Waals surface area contributed by atoms with Crippen LogP contribution in [0.1, 0.15) is 23.7 Å². The number of anilines is 2. The van der Waals surface area contributed by atoms with Crippen molar-refractivity contribution in [1.82, 2.24) is 20.2 Å². The summed E-state index contributed by atoms with van der Waals surface area (Å²) >= 11 is 0. The van der Waals surface area contributed by atoms with Crippen LogP contribution in [0.3, 0.4) is 0 Å². The summed E-state index contributed by atoms with van der Waals surface area (Å²) in [4.78, 5) is 36.1. The first-order chi connectivity index (χ1) is 12.8. The zero-order valence-corrected chi connectivity index (χ0v) is 15.8. The van der Waals surface area contributed by atoms with Crippen LogP contribution in [0, 0.1) is 0 Å². The lowest BCUT2D eigenvalue weighted by Crippen LogP contribution is -2.37. The molecule has 2 amide bonds. The van der Waals surface area contributed by atoms with Crippen molar-refractivity contribution in [1.29, 1.82) is 0 Å². The molecule has 1 saturated heterocycles. The van der Waals surface area contributed by atoms with Crippen molar-refractivity contribution in [2.75, 3.05) is 37.8 Å². The Kier molecular flexibility index (Phi) is 5.25. The quantitative estimate of drug-likeness (QED) is 0.839. The zero-order valence-electron chi connectivity index (χ0n) is 15.8. The minimum atomic E-state index is -0.0696. The Morgan fingerprint density at radius 3 is 2.56 bits per heavy atom. The molecule has 0 radical (unpaired) electrons. The van der Waals surface area contributed by atoms with Crippen LogP contribution in [0.5, 0.6) is 0 Å². The van der Waals surface area contributed by atoms with E-state index >= 15 is 0 Å². The number of likely N-dealkylation sites (tertiary alicyclic amines) is 1. The van der Waals surface area contributed by atoms with Crippen LogP contribution in [0.4, 0.5) is 11.8 Å². The fourth-order valence-corrected chi connectivity index (χ4v) is 3.12. The molecule has 1 atom stereocenters. The second-order valence-corrected chi connectivity index (χ2v) is 6.89. The van der Waals surface area contributed by atoms with E-state index in [1.165, 1.54) is 6.92 Å². The number of rotatable bonds is 4. The number of carbonyl (C=O) groups is 2. The lowest BCUT2D eigenvalue weighted by molar-refractivity contribution is -0.119. The first-order valence-corrected chi connectivity index (χ1v) is 8.82. The van der Waals surface area contributed by atoms with Crippen LogP contribution in [-0.4, -0.2) is 59.9 Å². The summed E-state index contributed by atoms with van der Waals surface area (Å²) in [5, 5.41) is 2.87. The molecule has 0 unspecified atom stereocenters. The van der Waals surface area contributed by atoms with Gasteiger partial charge in [-0.05, 0) is 18.6 Å². The number of carbonyl (C=O) groups excluding carboxylic acids is 2. The largest absolute Gasteiger partial charge is 0.384 e. The van der Waals surface area contributed by atoms with E-state index in [9.17, 15) is 9.59 Å². The highest BCUT2D eigenvalue weighted by Gasteiger charge is 2.27. The smallest absolute Gasteiger partial charge is 0.253 e. The summed E-state index contributed by atoms with van der Waals surface area (Å²) in [5.74, 6) is 0.821. The third kappa shape index (κ3) is 4.33. The highest BCUT2D eigenvalue weighted by molar-refractivity contribution is 5.95. The number of nitrogen functional groups attached to an aromatic ring is 1. The average molecular weight is 368 g/mol. The Hall–Kier alpha value is -3.16. The third-order valence-corrected chi connectivity index (χ3v) is 4.44. The number of hydrogen-bond acceptors (Lipinski definition) is 6. The van der Waals surface area contributed by atoms with Gasteiger partial charge in [-0.1, -0.05) is 12.1 Å². The molecule has 3 rings (SSSR count). The Morgan fingerprint density at radius 2 is 1.93 bits per heavy atom. The normalized spacial score (nSPS) is 16.3. The summed E-state index contributed by atoms with van der Waals surface area (Å²) in [7, 11) is 3.70. The summed E-state index contributed by atoms with van der Waals surface area (Å²) in [6.45, 7) is 2.67. The lowest BCUT2D eigenvalue weighted by Gasteiger charge is -2.17. The van der Waals surface area contributed by atoms with E-state index in [1.54, 1.807) is 28.0 Å². The minimum absolute atomic E-state index is 0.0270. The molecule has 2 heterocycles. The molecule has 3 N–H and O–H groups in total. The molecule has 2 aromatic rings. The maximum absolute atomic E-state index is 12.7. The van der Waals surface area contributed by atoms with Crippen molar-refractivity contribution < 1.29 is 9.59 Å². The molecule has 0 aliphatic carbocycles. The highest BCUT2D eigenvalue weighted by atomic mass is 16.2. The summed E-state index contributed by atoms with van der Waals surface area (Å²) in [6.07, 6.45) is 0.775. The summed E-state index contributed by atoms with van der Waals surface area (Å²) in [6, 6.07) is 9.03. The topological polar surface area (TPSA) is 104 Å². The van der Waals surface area contributed by atoms with Crippen LogP contribution in [-0.2, 0) is 4.79 Å². The van der Waals surface area contributed by atoms with E-state index < -0.39 is 0 Å². The third-order valence-electron chi connectivity index (χ3n) is 4.44. The standard InChI is InChI=1S/C19H24N6O2/c1-12(26)21-15-8-9-25(11-15)18(27)14-6-4-13(5-7-14)16-10-17(20)23-19(22-16)24(2)3/h4-7,10,15H,8-9,11H2,1-3H3,(H,21,26)(H2,20,22,23)/t15-/m0/s1. The van der Waals surface area contributed by atoms with Crippen molar-refractivity contribution in [2.24, 2.45) is 0 Å². The molecule has 142 valence electrons. The molecular formula is C19H24N6O2. The van der Waals surface area contributed by atoms with Gasteiger partial charge in [0, 0.05) is 57.3 Å². The lowest BCUT2D eigenvalue weighted by atomic mass is 10.1. The second-order valence-electron chi connectivity index (χ2n) is 6.89. The van der Waals surface area contributed by atoms with Crippen molar-refractivity contribution >= 4 is 23.6 Å². The van der Waals surface area contributed by atoms with Crippen LogP contribution in [0.15, 0.2) is 30.3 Å². The average Bonchev–Trinajstić information content (AvgIpc) is 3.08. The summed E-state index contributed by atoms with van der Waals surface area (Å²) < 4.78 is 0. The molecule has 0 saturated carbocycles. The van der Waals surface area contributed by atoms with Gasteiger partial charge >= 0.3 is 0 Å². The number of hydrogen-bond donors (Lipinski definition) is 2. The van der Waals surface area contributed by atoms with E-state index in [4.69, 9.17) is 5.73 Å². The van der Waals surface area contributed by atoms with Gasteiger partial charge < -0.3 is 20.9 Å². The van der Waals surface area contributed by atoms with Gasteiger partial charge in [0.2, 0.25) is 11.9 Å². The van der Waals surface area contributed by atoms with E-state index in [0.29, 0.717) is 36.1 Å². The predicted molar refractivity (Wildman–Crippen MR) is 104 cm³/mol. The Labute approximate surface area is 158 Å². The van der Waals surface area contributed by atoms with Gasteiger partial charge in [0.1, 0.15) is 5.82 Å². The summed E-state index contributed by atoms with van der Waals surface area (Å²) in [5.41, 5.74) is 8.05. The van der Waals surface area contributed by atoms with Crippen LogP contribution >= 0.6 is 0 Å². The van der Waals surface area contributed by atoms with Gasteiger partial charge in [0.25, 0.3) is 5.91 Å². The van der Waals surface area contributed by atoms with Crippen LogP contribution in [0.2, 0.25) is 0 Å². The first kappa shape index (κ1) is 18.6.